The fraction of sp³-hybridized carbons (Fsp3) is 0.306. The maximum absolute atomic E-state index is 13.5. The summed E-state index contributed by atoms with van der Waals surface area (Å²) in [5.74, 6) is 0.970. The number of ether oxygens (including phenoxy) is 4. The van der Waals surface area contributed by atoms with Crippen LogP contribution in [0.3, 0.4) is 0 Å². The van der Waals surface area contributed by atoms with Crippen molar-refractivity contribution in [2.75, 3.05) is 50.3 Å². The molecule has 0 aliphatic carbocycles. The monoisotopic (exact) mass is 898 g/mol. The number of aliphatic hydroxyl groups excluding tert-OH is 1. The first-order valence-electron chi connectivity index (χ1n) is 21.5. The van der Waals surface area contributed by atoms with Gasteiger partial charge in [-0.2, -0.15) is 14.9 Å². The molecule has 0 radical (unpaired) electrons. The largest absolute Gasteiger partial charge is 0.497 e. The number of hydrogen-bond acceptors (Lipinski definition) is 11. The number of methoxy groups -OCH3 is 2. The van der Waals surface area contributed by atoms with Crippen molar-refractivity contribution in [2.24, 2.45) is 0 Å². The molecule has 2 unspecified atom stereocenters. The minimum atomic E-state index is -0.750. The van der Waals surface area contributed by atoms with E-state index in [9.17, 15) is 24.3 Å². The van der Waals surface area contributed by atoms with Gasteiger partial charge in [0.1, 0.15) is 23.1 Å². The van der Waals surface area contributed by atoms with Crippen LogP contribution in [-0.2, 0) is 27.4 Å². The lowest BCUT2D eigenvalue weighted by Crippen LogP contribution is -2.40. The molecule has 0 bridgehead atoms. The van der Waals surface area contributed by atoms with E-state index in [4.69, 9.17) is 18.9 Å². The lowest BCUT2D eigenvalue weighted by molar-refractivity contribution is -0.147. The number of benzene rings is 4. The van der Waals surface area contributed by atoms with Gasteiger partial charge < -0.3 is 33.9 Å². The van der Waals surface area contributed by atoms with Gasteiger partial charge in [0.05, 0.1) is 59.0 Å². The molecule has 4 heterocycles. The van der Waals surface area contributed by atoms with Gasteiger partial charge in [-0.05, 0) is 98.5 Å². The Hall–Kier alpha value is -7.66. The van der Waals surface area contributed by atoms with Crippen LogP contribution >= 0.6 is 0 Å². The minimum Gasteiger partial charge on any atom is -0.497 e. The highest BCUT2D eigenvalue weighted by molar-refractivity contribution is 5.99. The molecule has 66 heavy (non-hydrogen) atoms. The Morgan fingerprint density at radius 2 is 1.30 bits per heavy atom. The van der Waals surface area contributed by atoms with E-state index in [0.29, 0.717) is 24.5 Å². The minimum absolute atomic E-state index is 0.0840. The van der Waals surface area contributed by atoms with E-state index in [1.165, 1.54) is 4.90 Å². The van der Waals surface area contributed by atoms with Gasteiger partial charge in [-0.15, -0.1) is 0 Å². The van der Waals surface area contributed by atoms with Gasteiger partial charge in [0.25, 0.3) is 0 Å². The second-order valence-electron chi connectivity index (χ2n) is 16.6. The highest BCUT2D eigenvalue weighted by atomic mass is 16.6. The molecule has 6 aromatic rings. The number of anilines is 2. The first-order chi connectivity index (χ1) is 31.8. The molecule has 4 amide bonds. The van der Waals surface area contributed by atoms with E-state index in [1.54, 1.807) is 87.3 Å². The summed E-state index contributed by atoms with van der Waals surface area (Å²) in [5.41, 5.74) is 6.17. The molecule has 2 aliphatic rings. The molecule has 8 rings (SSSR count). The summed E-state index contributed by atoms with van der Waals surface area (Å²) >= 11 is 0. The van der Waals surface area contributed by atoms with Crippen LogP contribution in [0.15, 0.2) is 122 Å². The van der Waals surface area contributed by atoms with Crippen molar-refractivity contribution in [3.8, 4) is 33.8 Å². The van der Waals surface area contributed by atoms with Gasteiger partial charge in [-0.1, -0.05) is 48.5 Å². The first kappa shape index (κ1) is 46.3. The summed E-state index contributed by atoms with van der Waals surface area (Å²) in [4.78, 5) is 58.1. The van der Waals surface area contributed by atoms with Crippen molar-refractivity contribution in [1.82, 2.24) is 29.8 Å². The topological polar surface area (TPSA) is 185 Å². The number of aliphatic hydroxyl groups is 1. The van der Waals surface area contributed by atoms with Crippen molar-refractivity contribution in [1.29, 1.82) is 0 Å². The van der Waals surface area contributed by atoms with Crippen LogP contribution in [0.1, 0.15) is 38.8 Å². The molecule has 2 atom stereocenters. The van der Waals surface area contributed by atoms with E-state index in [-0.39, 0.29) is 44.4 Å². The van der Waals surface area contributed by atoms with Gasteiger partial charge in [0, 0.05) is 48.0 Å². The van der Waals surface area contributed by atoms with Gasteiger partial charge in [0.2, 0.25) is 0 Å². The van der Waals surface area contributed by atoms with Crippen molar-refractivity contribution < 1.29 is 43.2 Å². The summed E-state index contributed by atoms with van der Waals surface area (Å²) < 4.78 is 22.3. The number of rotatable bonds is 13. The third-order valence-corrected chi connectivity index (χ3v) is 10.9. The lowest BCUT2D eigenvalue weighted by Gasteiger charge is -2.22. The number of carbonyl (C=O) groups is 4. The molecule has 0 saturated carbocycles. The molecule has 344 valence electrons. The Bertz CT molecular complexity index is 2610. The molecule has 4 aromatic carbocycles. The second kappa shape index (κ2) is 20.5. The number of carbonyl (C=O) groups excluding carboxylic acids is 4. The normalized spacial score (nSPS) is 16.0. The van der Waals surface area contributed by atoms with Crippen LogP contribution in [0.5, 0.6) is 11.5 Å². The standard InChI is InChI=1S/C28H32N4O6.C21H22N4O3/c1-6-37-25(33)24-18-30(26(34)31(24)16-19-8-7-9-23(14-19)36-5)22-12-10-20(11-13-22)21-15-29-32(17-21)27(35)38-28(2,3)4;1-28-20-4-2-3-15(9-20)12-24-19(14-26)13-25(21(24)27)18-7-5-16(6-8-18)17-10-22-23-11-17/h7-15,17,24H,6,16,18H2,1-5H3;2-11,19,26H,12-14H2,1H3,(H,22,23). The molecule has 17 heteroatoms. The SMILES string of the molecule is CCOC(=O)C1CN(c2ccc(-c3cnn(C(=O)OC(C)(C)C)c3)cc2)C(=O)N1Cc1cccc(OC)c1.COc1cccc(CN2C(=O)N(c3ccc(-c4cn[nH]c4)cc3)CC2CO)c1. The maximum atomic E-state index is 13.5. The Kier molecular flexibility index (Phi) is 14.4. The van der Waals surface area contributed by atoms with Crippen molar-refractivity contribution in [3.63, 3.8) is 0 Å². The number of nitrogens with one attached hydrogen (secondary N) is 1. The van der Waals surface area contributed by atoms with Crippen LogP contribution in [0.2, 0.25) is 0 Å². The number of amides is 4. The Labute approximate surface area is 383 Å². The van der Waals surface area contributed by atoms with E-state index in [2.05, 4.69) is 15.3 Å². The fourth-order valence-electron chi connectivity index (χ4n) is 7.63. The maximum Gasteiger partial charge on any atom is 0.435 e. The number of nitrogens with zero attached hydrogens (tertiary/aromatic N) is 7. The van der Waals surface area contributed by atoms with E-state index in [0.717, 1.165) is 49.5 Å². The Morgan fingerprint density at radius 3 is 1.83 bits per heavy atom. The van der Waals surface area contributed by atoms with Crippen LogP contribution < -0.4 is 19.3 Å². The number of urea groups is 2. The fourth-order valence-corrected chi connectivity index (χ4v) is 7.63. The summed E-state index contributed by atoms with van der Waals surface area (Å²) in [5, 5.41) is 20.7. The zero-order valence-corrected chi connectivity index (χ0v) is 37.8. The average Bonchev–Trinajstić information content (AvgIpc) is 4.15. The second-order valence-corrected chi connectivity index (χ2v) is 16.6. The number of esters is 1. The number of hydrogen-bond donors (Lipinski definition) is 2. The van der Waals surface area contributed by atoms with E-state index < -0.39 is 23.7 Å². The van der Waals surface area contributed by atoms with Crippen LogP contribution in [0.4, 0.5) is 25.8 Å². The summed E-state index contributed by atoms with van der Waals surface area (Å²) in [7, 11) is 3.20. The average molecular weight is 899 g/mol. The van der Waals surface area contributed by atoms with Crippen LogP contribution in [0.25, 0.3) is 22.3 Å². The Morgan fingerprint density at radius 1 is 0.742 bits per heavy atom. The predicted octanol–water partition coefficient (Wildman–Crippen LogP) is 7.60. The van der Waals surface area contributed by atoms with Crippen LogP contribution in [-0.4, -0.2) is 117 Å². The molecule has 2 aliphatic heterocycles. The lowest BCUT2D eigenvalue weighted by atomic mass is 10.1. The predicted molar refractivity (Wildman–Crippen MR) is 247 cm³/mol. The van der Waals surface area contributed by atoms with Gasteiger partial charge in [-0.3, -0.25) is 14.9 Å². The van der Waals surface area contributed by atoms with Gasteiger partial charge in [0.15, 0.2) is 0 Å². The zero-order valence-electron chi connectivity index (χ0n) is 37.8. The highest BCUT2D eigenvalue weighted by Crippen LogP contribution is 2.31. The van der Waals surface area contributed by atoms with Gasteiger partial charge in [-0.25, -0.2) is 19.2 Å². The van der Waals surface area contributed by atoms with E-state index >= 15 is 0 Å². The van der Waals surface area contributed by atoms with E-state index in [1.807, 2.05) is 91.1 Å². The van der Waals surface area contributed by atoms with Crippen molar-refractivity contribution >= 4 is 35.5 Å². The molecular weight excluding hydrogens is 845 g/mol. The quantitative estimate of drug-likeness (QED) is 0.109. The molecule has 0 spiro atoms. The molecule has 2 fully saturated rings. The Balaban J connectivity index is 0.000000205. The molecule has 17 nitrogen and oxygen atoms in total. The number of aromatic nitrogens is 4. The highest BCUT2D eigenvalue weighted by Gasteiger charge is 2.43. The van der Waals surface area contributed by atoms with Crippen molar-refractivity contribution in [3.05, 3.63) is 133 Å². The summed E-state index contributed by atoms with van der Waals surface area (Å²) in [6.07, 6.45) is 6.19. The molecule has 2 saturated heterocycles. The smallest absolute Gasteiger partial charge is 0.435 e. The van der Waals surface area contributed by atoms with Crippen molar-refractivity contribution in [2.45, 2.75) is 58.5 Å². The first-order valence-corrected chi connectivity index (χ1v) is 21.5. The molecule has 2 aromatic heterocycles. The third-order valence-electron chi connectivity index (χ3n) is 10.9. The van der Waals surface area contributed by atoms with Gasteiger partial charge >= 0.3 is 24.1 Å². The number of H-pyrrole nitrogens is 1. The number of aromatic amines is 1. The third kappa shape index (κ3) is 10.8. The van der Waals surface area contributed by atoms with Crippen LogP contribution in [0, 0.1) is 0 Å². The summed E-state index contributed by atoms with van der Waals surface area (Å²) in [6.45, 7) is 8.52. The zero-order chi connectivity index (χ0) is 47.0. The molecule has 2 N–H and O–H groups in total. The molecular formula is C49H54N8O9. The summed E-state index contributed by atoms with van der Waals surface area (Å²) in [6, 6.07) is 28.6.